The van der Waals surface area contributed by atoms with Crippen molar-refractivity contribution in [2.75, 3.05) is 13.2 Å². The second-order valence-corrected chi connectivity index (χ2v) is 5.20. The zero-order valence-corrected chi connectivity index (χ0v) is 11.6. The average molecular weight is 269 g/mol. The molecule has 20 heavy (non-hydrogen) atoms. The normalized spacial score (nSPS) is 14.9. The van der Waals surface area contributed by atoms with Gasteiger partial charge in [-0.25, -0.2) is 0 Å². The first-order valence-corrected chi connectivity index (χ1v) is 6.93. The zero-order chi connectivity index (χ0) is 13.9. The predicted molar refractivity (Wildman–Crippen MR) is 79.2 cm³/mol. The molecule has 0 radical (unpaired) electrons. The maximum absolute atomic E-state index is 6.30. The van der Waals surface area contributed by atoms with Crippen LogP contribution in [0.25, 0.3) is 0 Å². The fraction of sp³-hybridized carbons (Fsp3) is 0.294. The van der Waals surface area contributed by atoms with Gasteiger partial charge < -0.3 is 15.2 Å². The van der Waals surface area contributed by atoms with Crippen molar-refractivity contribution in [2.24, 2.45) is 5.73 Å². The molecule has 0 saturated heterocycles. The van der Waals surface area contributed by atoms with Crippen molar-refractivity contribution >= 4 is 0 Å². The van der Waals surface area contributed by atoms with E-state index < -0.39 is 0 Å². The van der Waals surface area contributed by atoms with Crippen molar-refractivity contribution in [3.8, 4) is 11.5 Å². The molecular weight excluding hydrogens is 250 g/mol. The SMILES string of the molecule is Cc1cccc(C(N)Cc2ccc3c(c2)OCCO3)c1. The van der Waals surface area contributed by atoms with Crippen LogP contribution in [0.3, 0.4) is 0 Å². The van der Waals surface area contributed by atoms with Crippen LogP contribution < -0.4 is 15.2 Å². The highest BCUT2D eigenvalue weighted by Gasteiger charge is 2.13. The number of ether oxygens (including phenoxy) is 2. The molecule has 3 nitrogen and oxygen atoms in total. The van der Waals surface area contributed by atoms with E-state index >= 15 is 0 Å². The van der Waals surface area contributed by atoms with E-state index in [1.54, 1.807) is 0 Å². The largest absolute Gasteiger partial charge is 0.486 e. The first-order valence-electron chi connectivity index (χ1n) is 6.93. The van der Waals surface area contributed by atoms with Gasteiger partial charge in [-0.1, -0.05) is 35.9 Å². The summed E-state index contributed by atoms with van der Waals surface area (Å²) in [4.78, 5) is 0. The maximum Gasteiger partial charge on any atom is 0.161 e. The summed E-state index contributed by atoms with van der Waals surface area (Å²) in [5.74, 6) is 1.65. The topological polar surface area (TPSA) is 44.5 Å². The molecule has 2 aromatic rings. The summed E-state index contributed by atoms with van der Waals surface area (Å²) in [5.41, 5.74) is 9.87. The molecule has 3 heteroatoms. The lowest BCUT2D eigenvalue weighted by Crippen LogP contribution is -2.16. The van der Waals surface area contributed by atoms with Crippen LogP contribution in [0.15, 0.2) is 42.5 Å². The predicted octanol–water partition coefficient (Wildman–Crippen LogP) is 3.01. The first-order chi connectivity index (χ1) is 9.72. The molecule has 0 aromatic heterocycles. The first kappa shape index (κ1) is 13.0. The number of benzene rings is 2. The summed E-state index contributed by atoms with van der Waals surface area (Å²) in [6.45, 7) is 3.32. The fourth-order valence-electron chi connectivity index (χ4n) is 2.49. The molecule has 0 spiro atoms. The van der Waals surface area contributed by atoms with E-state index in [-0.39, 0.29) is 6.04 Å². The van der Waals surface area contributed by atoms with Crippen molar-refractivity contribution in [1.82, 2.24) is 0 Å². The molecule has 0 amide bonds. The third-order valence-corrected chi connectivity index (χ3v) is 3.53. The van der Waals surface area contributed by atoms with Crippen LogP contribution in [0.5, 0.6) is 11.5 Å². The van der Waals surface area contributed by atoms with Crippen molar-refractivity contribution in [3.05, 3.63) is 59.2 Å². The lowest BCUT2D eigenvalue weighted by molar-refractivity contribution is 0.171. The van der Waals surface area contributed by atoms with E-state index in [1.807, 2.05) is 18.2 Å². The minimum Gasteiger partial charge on any atom is -0.486 e. The minimum absolute atomic E-state index is 0.00235. The van der Waals surface area contributed by atoms with Gasteiger partial charge in [-0.2, -0.15) is 0 Å². The smallest absolute Gasteiger partial charge is 0.161 e. The molecule has 1 aliphatic heterocycles. The number of hydrogen-bond acceptors (Lipinski definition) is 3. The van der Waals surface area contributed by atoms with Crippen LogP contribution in [0, 0.1) is 6.92 Å². The summed E-state index contributed by atoms with van der Waals surface area (Å²) >= 11 is 0. The highest BCUT2D eigenvalue weighted by atomic mass is 16.6. The van der Waals surface area contributed by atoms with Crippen LogP contribution in [-0.2, 0) is 6.42 Å². The molecule has 1 heterocycles. The van der Waals surface area contributed by atoms with Gasteiger partial charge in [-0.3, -0.25) is 0 Å². The summed E-state index contributed by atoms with van der Waals surface area (Å²) in [6.07, 6.45) is 0.792. The van der Waals surface area contributed by atoms with Gasteiger partial charge in [0.2, 0.25) is 0 Å². The van der Waals surface area contributed by atoms with Crippen LogP contribution in [0.4, 0.5) is 0 Å². The second-order valence-electron chi connectivity index (χ2n) is 5.20. The van der Waals surface area contributed by atoms with E-state index in [4.69, 9.17) is 15.2 Å². The van der Waals surface area contributed by atoms with Crippen molar-refractivity contribution in [3.63, 3.8) is 0 Å². The van der Waals surface area contributed by atoms with Crippen LogP contribution >= 0.6 is 0 Å². The third kappa shape index (κ3) is 2.78. The van der Waals surface area contributed by atoms with Gasteiger partial charge in [0.1, 0.15) is 13.2 Å². The quantitative estimate of drug-likeness (QED) is 0.931. The Kier molecular flexibility index (Phi) is 3.61. The molecule has 2 aromatic carbocycles. The Morgan fingerprint density at radius 1 is 1.05 bits per heavy atom. The molecule has 0 fully saturated rings. The van der Waals surface area contributed by atoms with Gasteiger partial charge >= 0.3 is 0 Å². The number of aryl methyl sites for hydroxylation is 1. The monoisotopic (exact) mass is 269 g/mol. The van der Waals surface area contributed by atoms with Crippen LogP contribution in [0.1, 0.15) is 22.7 Å². The van der Waals surface area contributed by atoms with Gasteiger partial charge in [0.05, 0.1) is 0 Å². The molecule has 0 aliphatic carbocycles. The summed E-state index contributed by atoms with van der Waals surface area (Å²) in [7, 11) is 0. The Labute approximate surface area is 119 Å². The average Bonchev–Trinajstić information content (AvgIpc) is 2.47. The lowest BCUT2D eigenvalue weighted by atomic mass is 9.98. The molecule has 104 valence electrons. The molecule has 0 saturated carbocycles. The van der Waals surface area contributed by atoms with E-state index in [0.717, 1.165) is 17.9 Å². The molecule has 1 aliphatic rings. The van der Waals surface area contributed by atoms with Crippen LogP contribution in [0.2, 0.25) is 0 Å². The Bertz CT molecular complexity index is 610. The van der Waals surface area contributed by atoms with E-state index in [2.05, 4.69) is 31.2 Å². The Hall–Kier alpha value is -2.00. The molecule has 1 unspecified atom stereocenters. The Morgan fingerprint density at radius 2 is 1.85 bits per heavy atom. The maximum atomic E-state index is 6.30. The van der Waals surface area contributed by atoms with E-state index in [9.17, 15) is 0 Å². The molecule has 3 rings (SSSR count). The third-order valence-electron chi connectivity index (χ3n) is 3.53. The van der Waals surface area contributed by atoms with E-state index in [1.165, 1.54) is 16.7 Å². The molecular formula is C17H19NO2. The zero-order valence-electron chi connectivity index (χ0n) is 11.6. The number of hydrogen-bond donors (Lipinski definition) is 1. The molecule has 2 N–H and O–H groups in total. The summed E-state index contributed by atoms with van der Waals surface area (Å²) in [5, 5.41) is 0. The highest BCUT2D eigenvalue weighted by Crippen LogP contribution is 2.31. The van der Waals surface area contributed by atoms with Crippen molar-refractivity contribution in [1.29, 1.82) is 0 Å². The molecule has 0 bridgehead atoms. The highest BCUT2D eigenvalue weighted by molar-refractivity contribution is 5.44. The fourth-order valence-corrected chi connectivity index (χ4v) is 2.49. The van der Waals surface area contributed by atoms with Gasteiger partial charge in [0, 0.05) is 6.04 Å². The number of fused-ring (bicyclic) bond motifs is 1. The van der Waals surface area contributed by atoms with Crippen molar-refractivity contribution in [2.45, 2.75) is 19.4 Å². The minimum atomic E-state index is -0.00235. The summed E-state index contributed by atoms with van der Waals surface area (Å²) < 4.78 is 11.1. The van der Waals surface area contributed by atoms with Crippen molar-refractivity contribution < 1.29 is 9.47 Å². The van der Waals surface area contributed by atoms with Gasteiger partial charge in [-0.05, 0) is 36.6 Å². The number of nitrogens with two attached hydrogens (primary N) is 1. The van der Waals surface area contributed by atoms with Crippen LogP contribution in [-0.4, -0.2) is 13.2 Å². The second kappa shape index (κ2) is 5.55. The molecule has 1 atom stereocenters. The lowest BCUT2D eigenvalue weighted by Gasteiger charge is -2.20. The van der Waals surface area contributed by atoms with E-state index in [0.29, 0.717) is 13.2 Å². The van der Waals surface area contributed by atoms with Gasteiger partial charge in [-0.15, -0.1) is 0 Å². The standard InChI is InChI=1S/C17H19NO2/c1-12-3-2-4-14(9-12)15(18)10-13-5-6-16-17(11-13)20-8-7-19-16/h2-6,9,11,15H,7-8,10,18H2,1H3. The Balaban J connectivity index is 1.77. The van der Waals surface area contributed by atoms with Gasteiger partial charge in [0.15, 0.2) is 11.5 Å². The van der Waals surface area contributed by atoms with Gasteiger partial charge in [0.25, 0.3) is 0 Å². The Morgan fingerprint density at radius 3 is 2.65 bits per heavy atom. The summed E-state index contributed by atoms with van der Waals surface area (Å²) in [6, 6.07) is 14.4. The number of rotatable bonds is 3.